The van der Waals surface area contributed by atoms with Gasteiger partial charge in [-0.3, -0.25) is 9.78 Å². The van der Waals surface area contributed by atoms with Crippen molar-refractivity contribution >= 4 is 27.5 Å². The monoisotopic (exact) mass is 379 g/mol. The van der Waals surface area contributed by atoms with E-state index in [1.54, 1.807) is 29.3 Å². The number of halogens is 1. The SMILES string of the molecule is CS(=O)(=O)NC1CCN(C(=O)c2cncc(-c3ccc(Cl)cc3)c2)C1. The van der Waals surface area contributed by atoms with Gasteiger partial charge in [0.05, 0.1) is 11.8 Å². The summed E-state index contributed by atoms with van der Waals surface area (Å²) in [6.07, 6.45) is 4.94. The van der Waals surface area contributed by atoms with Crippen LogP contribution in [0.2, 0.25) is 5.02 Å². The van der Waals surface area contributed by atoms with Gasteiger partial charge in [-0.25, -0.2) is 13.1 Å². The molecule has 3 rings (SSSR count). The molecule has 0 spiro atoms. The van der Waals surface area contributed by atoms with E-state index in [0.29, 0.717) is 30.1 Å². The van der Waals surface area contributed by atoms with Gasteiger partial charge in [0, 0.05) is 42.1 Å². The Kier molecular flexibility index (Phi) is 5.08. The topological polar surface area (TPSA) is 79.4 Å². The molecule has 1 aromatic carbocycles. The quantitative estimate of drug-likeness (QED) is 0.882. The van der Waals surface area contributed by atoms with E-state index in [4.69, 9.17) is 11.6 Å². The number of carbonyl (C=O) groups excluding carboxylic acids is 1. The molecule has 1 saturated heterocycles. The highest BCUT2D eigenvalue weighted by molar-refractivity contribution is 7.88. The van der Waals surface area contributed by atoms with Gasteiger partial charge < -0.3 is 4.90 Å². The Labute approximate surface area is 151 Å². The van der Waals surface area contributed by atoms with Gasteiger partial charge in [0.2, 0.25) is 10.0 Å². The number of rotatable bonds is 4. The average Bonchev–Trinajstić information content (AvgIpc) is 3.01. The molecule has 2 heterocycles. The molecule has 0 aliphatic carbocycles. The van der Waals surface area contributed by atoms with E-state index in [-0.39, 0.29) is 11.9 Å². The number of pyridine rings is 1. The van der Waals surface area contributed by atoms with E-state index in [1.165, 1.54) is 6.20 Å². The van der Waals surface area contributed by atoms with Crippen LogP contribution in [-0.2, 0) is 10.0 Å². The van der Waals surface area contributed by atoms with Crippen LogP contribution < -0.4 is 4.72 Å². The predicted molar refractivity (Wildman–Crippen MR) is 97.0 cm³/mol. The molecule has 1 atom stereocenters. The van der Waals surface area contributed by atoms with Crippen LogP contribution >= 0.6 is 11.6 Å². The molecule has 0 saturated carbocycles. The zero-order valence-corrected chi connectivity index (χ0v) is 15.2. The van der Waals surface area contributed by atoms with E-state index >= 15 is 0 Å². The molecule has 2 aromatic rings. The summed E-state index contributed by atoms with van der Waals surface area (Å²) in [4.78, 5) is 18.5. The maximum Gasteiger partial charge on any atom is 0.255 e. The summed E-state index contributed by atoms with van der Waals surface area (Å²) in [7, 11) is -3.28. The van der Waals surface area contributed by atoms with Gasteiger partial charge in [0.15, 0.2) is 0 Å². The van der Waals surface area contributed by atoms with Crippen molar-refractivity contribution in [2.24, 2.45) is 0 Å². The van der Waals surface area contributed by atoms with E-state index in [2.05, 4.69) is 9.71 Å². The third-order valence-corrected chi connectivity index (χ3v) is 5.03. The fourth-order valence-corrected chi connectivity index (χ4v) is 3.81. The Balaban J connectivity index is 1.75. The molecule has 8 heteroatoms. The summed E-state index contributed by atoms with van der Waals surface area (Å²) >= 11 is 5.90. The number of benzene rings is 1. The average molecular weight is 380 g/mol. The smallest absolute Gasteiger partial charge is 0.255 e. The second-order valence-corrected chi connectivity index (χ2v) is 8.31. The number of hydrogen-bond donors (Lipinski definition) is 1. The molecule has 1 unspecified atom stereocenters. The third-order valence-electron chi connectivity index (χ3n) is 4.02. The molecule has 1 aliphatic rings. The number of nitrogens with zero attached hydrogens (tertiary/aromatic N) is 2. The lowest BCUT2D eigenvalue weighted by Gasteiger charge is -2.17. The number of hydrogen-bond acceptors (Lipinski definition) is 4. The Hall–Kier alpha value is -1.96. The van der Waals surface area contributed by atoms with Crippen LogP contribution in [-0.4, -0.2) is 49.6 Å². The third kappa shape index (κ3) is 4.56. The number of carbonyl (C=O) groups is 1. The number of nitrogens with one attached hydrogen (secondary N) is 1. The number of aromatic nitrogens is 1. The first kappa shape index (κ1) is 17.8. The highest BCUT2D eigenvalue weighted by Gasteiger charge is 2.28. The van der Waals surface area contributed by atoms with E-state index in [0.717, 1.165) is 17.4 Å². The van der Waals surface area contributed by atoms with E-state index in [1.807, 2.05) is 12.1 Å². The van der Waals surface area contributed by atoms with Gasteiger partial charge >= 0.3 is 0 Å². The highest BCUT2D eigenvalue weighted by atomic mass is 35.5. The second-order valence-electron chi connectivity index (χ2n) is 6.10. The van der Waals surface area contributed by atoms with Crippen molar-refractivity contribution in [3.05, 3.63) is 53.3 Å². The van der Waals surface area contributed by atoms with Crippen LogP contribution in [0.15, 0.2) is 42.7 Å². The molecule has 25 heavy (non-hydrogen) atoms. The minimum atomic E-state index is -3.28. The van der Waals surface area contributed by atoms with Crippen molar-refractivity contribution in [1.29, 1.82) is 0 Å². The number of likely N-dealkylation sites (tertiary alicyclic amines) is 1. The Bertz CT molecular complexity index is 884. The summed E-state index contributed by atoms with van der Waals surface area (Å²) in [5.74, 6) is -0.152. The van der Waals surface area contributed by atoms with Crippen molar-refractivity contribution in [2.45, 2.75) is 12.5 Å². The summed E-state index contributed by atoms with van der Waals surface area (Å²) in [5.41, 5.74) is 2.23. The van der Waals surface area contributed by atoms with Gasteiger partial charge in [0.25, 0.3) is 5.91 Å². The van der Waals surface area contributed by atoms with Crippen molar-refractivity contribution in [2.75, 3.05) is 19.3 Å². The summed E-state index contributed by atoms with van der Waals surface area (Å²) < 4.78 is 25.2. The molecule has 1 amide bonds. The highest BCUT2D eigenvalue weighted by Crippen LogP contribution is 2.23. The lowest BCUT2D eigenvalue weighted by molar-refractivity contribution is 0.0790. The maximum absolute atomic E-state index is 12.7. The minimum Gasteiger partial charge on any atom is -0.337 e. The van der Waals surface area contributed by atoms with Crippen LogP contribution in [0.5, 0.6) is 0 Å². The largest absolute Gasteiger partial charge is 0.337 e. The molecule has 6 nitrogen and oxygen atoms in total. The first-order valence-corrected chi connectivity index (χ1v) is 10.1. The van der Waals surface area contributed by atoms with Crippen molar-refractivity contribution in [3.63, 3.8) is 0 Å². The van der Waals surface area contributed by atoms with Gasteiger partial charge in [0.1, 0.15) is 0 Å². The first-order chi connectivity index (χ1) is 11.8. The van der Waals surface area contributed by atoms with Crippen LogP contribution in [0.3, 0.4) is 0 Å². The van der Waals surface area contributed by atoms with E-state index in [9.17, 15) is 13.2 Å². The normalized spacial score (nSPS) is 17.7. The minimum absolute atomic E-state index is 0.152. The molecule has 0 bridgehead atoms. The molecule has 1 aromatic heterocycles. The first-order valence-electron chi connectivity index (χ1n) is 7.79. The zero-order valence-electron chi connectivity index (χ0n) is 13.6. The van der Waals surface area contributed by atoms with Crippen LogP contribution in [0.1, 0.15) is 16.8 Å². The number of sulfonamides is 1. The molecule has 1 fully saturated rings. The molecule has 1 N–H and O–H groups in total. The molecule has 1 aliphatic heterocycles. The van der Waals surface area contributed by atoms with Crippen LogP contribution in [0, 0.1) is 0 Å². The van der Waals surface area contributed by atoms with Gasteiger partial charge in [-0.2, -0.15) is 0 Å². The maximum atomic E-state index is 12.7. The molecular formula is C17H18ClN3O3S. The fourth-order valence-electron chi connectivity index (χ4n) is 2.88. The van der Waals surface area contributed by atoms with Crippen LogP contribution in [0.4, 0.5) is 0 Å². The second kappa shape index (κ2) is 7.11. The summed E-state index contributed by atoms with van der Waals surface area (Å²) in [5, 5.41) is 0.644. The van der Waals surface area contributed by atoms with Crippen molar-refractivity contribution < 1.29 is 13.2 Å². The van der Waals surface area contributed by atoms with E-state index < -0.39 is 10.0 Å². The standard InChI is InChI=1S/C17H18ClN3O3S/c1-25(23,24)20-16-6-7-21(11-16)17(22)14-8-13(9-19-10-14)12-2-4-15(18)5-3-12/h2-5,8-10,16,20H,6-7,11H2,1H3. The lowest BCUT2D eigenvalue weighted by atomic mass is 10.1. The van der Waals surface area contributed by atoms with Gasteiger partial charge in [-0.15, -0.1) is 0 Å². The molecular weight excluding hydrogens is 362 g/mol. The molecule has 0 radical (unpaired) electrons. The van der Waals surface area contributed by atoms with Crippen molar-refractivity contribution in [1.82, 2.24) is 14.6 Å². The Morgan fingerprint density at radius 2 is 1.96 bits per heavy atom. The van der Waals surface area contributed by atoms with Crippen LogP contribution in [0.25, 0.3) is 11.1 Å². The van der Waals surface area contributed by atoms with Gasteiger partial charge in [-0.1, -0.05) is 23.7 Å². The summed E-state index contributed by atoms with van der Waals surface area (Å²) in [6.45, 7) is 0.869. The number of amides is 1. The van der Waals surface area contributed by atoms with Gasteiger partial charge in [-0.05, 0) is 30.2 Å². The van der Waals surface area contributed by atoms with Crippen molar-refractivity contribution in [3.8, 4) is 11.1 Å². The zero-order chi connectivity index (χ0) is 18.0. The Morgan fingerprint density at radius 1 is 1.24 bits per heavy atom. The predicted octanol–water partition coefficient (Wildman–Crippen LogP) is 2.17. The summed E-state index contributed by atoms with van der Waals surface area (Å²) in [6, 6.07) is 8.85. The molecule has 132 valence electrons. The lowest BCUT2D eigenvalue weighted by Crippen LogP contribution is -2.37. The fraction of sp³-hybridized carbons (Fsp3) is 0.294. The Morgan fingerprint density at radius 3 is 2.64 bits per heavy atom.